The lowest BCUT2D eigenvalue weighted by Gasteiger charge is -2.63. The van der Waals surface area contributed by atoms with E-state index in [1.54, 1.807) is 13.8 Å². The van der Waals surface area contributed by atoms with Crippen LogP contribution in [0.4, 0.5) is 8.78 Å². The zero-order valence-corrected chi connectivity index (χ0v) is 28.5. The van der Waals surface area contributed by atoms with Gasteiger partial charge in [0.15, 0.2) is 23.7 Å². The average Bonchev–Trinajstić information content (AvgIpc) is 3.52. The van der Waals surface area contributed by atoms with E-state index in [0.717, 1.165) is 29.2 Å². The Labute approximate surface area is 280 Å². The minimum absolute atomic E-state index is 0.00159. The number of halogens is 3. The molecule has 0 radical (unpaired) electrons. The van der Waals surface area contributed by atoms with Gasteiger partial charge in [0.05, 0.1) is 16.2 Å². The molecule has 3 fully saturated rings. The highest BCUT2D eigenvalue weighted by atomic mass is 35.5. The fourth-order valence-corrected chi connectivity index (χ4v) is 10.5. The first-order valence-corrected chi connectivity index (χ1v) is 17.6. The fourth-order valence-electron chi connectivity index (χ4n) is 8.54. The van der Waals surface area contributed by atoms with E-state index in [-0.39, 0.29) is 54.5 Å². The Hall–Kier alpha value is -2.52. The summed E-state index contributed by atoms with van der Waals surface area (Å²) in [7, 11) is 0. The van der Waals surface area contributed by atoms with Crippen molar-refractivity contribution in [1.82, 2.24) is 0 Å². The number of ketones is 1. The molecule has 4 aliphatic carbocycles. The van der Waals surface area contributed by atoms with Crippen molar-refractivity contribution in [1.29, 1.82) is 0 Å². The van der Waals surface area contributed by atoms with E-state index in [0.29, 0.717) is 10.8 Å². The molecule has 1 heterocycles. The number of aliphatic hydroxyl groups excluding tert-OH is 1. The maximum absolute atomic E-state index is 17.7. The molecular formula is C34H37ClF2O7S2. The zero-order valence-electron chi connectivity index (χ0n) is 26.1. The van der Waals surface area contributed by atoms with Gasteiger partial charge in [0.2, 0.25) is 5.12 Å². The molecule has 12 heteroatoms. The van der Waals surface area contributed by atoms with Gasteiger partial charge in [-0.2, -0.15) is 0 Å². The normalized spacial score (nSPS) is 37.6. The number of ether oxygens (including phenoxy) is 2. The number of hydrogen-bond acceptors (Lipinski definition) is 9. The Morgan fingerprint density at radius 2 is 1.93 bits per heavy atom. The second kappa shape index (κ2) is 12.8. The van der Waals surface area contributed by atoms with Crippen LogP contribution in [0.15, 0.2) is 35.9 Å². The van der Waals surface area contributed by atoms with Crippen molar-refractivity contribution in [2.75, 3.05) is 12.4 Å². The Kier molecular flexibility index (Phi) is 9.71. The maximum atomic E-state index is 17.7. The van der Waals surface area contributed by atoms with Crippen LogP contribution in [-0.4, -0.2) is 63.8 Å². The van der Waals surface area contributed by atoms with Crippen molar-refractivity contribution in [3.8, 4) is 11.8 Å². The number of alkyl halides is 2. The number of esters is 2. The predicted octanol–water partition coefficient (Wildman–Crippen LogP) is 6.47. The molecule has 3 saturated carbocycles. The lowest BCUT2D eigenvalue weighted by Crippen LogP contribution is -2.70. The first-order chi connectivity index (χ1) is 21.7. The molecule has 0 spiro atoms. The van der Waals surface area contributed by atoms with Gasteiger partial charge in [0, 0.05) is 29.1 Å². The number of aliphatic hydroxyl groups is 1. The molecule has 1 aromatic heterocycles. The van der Waals surface area contributed by atoms with E-state index >= 15 is 8.78 Å². The van der Waals surface area contributed by atoms with Gasteiger partial charge in [0.1, 0.15) is 11.0 Å². The summed E-state index contributed by atoms with van der Waals surface area (Å²) in [6.07, 6.45) is 0.990. The fraction of sp³-hybridized carbons (Fsp3) is 0.588. The molecule has 248 valence electrons. The average molecular weight is 695 g/mol. The van der Waals surface area contributed by atoms with E-state index in [2.05, 4.69) is 11.8 Å². The number of hydrogen-bond donors (Lipinski definition) is 1. The van der Waals surface area contributed by atoms with Crippen LogP contribution in [0.3, 0.4) is 0 Å². The Balaban J connectivity index is 1.51. The number of carbonyl (C=O) groups excluding carboxylic acids is 4. The van der Waals surface area contributed by atoms with Crippen LogP contribution >= 0.6 is 34.7 Å². The molecule has 0 aromatic carbocycles. The van der Waals surface area contributed by atoms with Gasteiger partial charge >= 0.3 is 11.9 Å². The summed E-state index contributed by atoms with van der Waals surface area (Å²) in [4.78, 5) is 51.9. The number of allylic oxidation sites excluding steroid dienone is 4. The summed E-state index contributed by atoms with van der Waals surface area (Å²) in [6.45, 7) is 6.71. The molecule has 0 bridgehead atoms. The first-order valence-electron chi connectivity index (χ1n) is 15.4. The van der Waals surface area contributed by atoms with Crippen LogP contribution in [0.1, 0.15) is 69.5 Å². The van der Waals surface area contributed by atoms with E-state index in [4.69, 9.17) is 21.1 Å². The standard InChI is InChI=1S/C34H37ClF2O7S2/c1-5-8-28(40)43-13-6-7-14-45-30(42)34(44-29(41)25-9-10-27(35)46-25)19(2)15-21-22-17-24(36)23-16-20(38)11-12-31(23,3)33(22,37)26(39)18-32(21,34)4/h9-12,16,19,21-22,24,26,39H,5,8,13-15,17-18H2,1-4H3/t19-,21+,22+,24+,26+,31+,32+,33+,34+/m1/s1. The summed E-state index contributed by atoms with van der Waals surface area (Å²) >= 11 is 7.91. The summed E-state index contributed by atoms with van der Waals surface area (Å²) in [6, 6.07) is 3.03. The highest BCUT2D eigenvalue weighted by molar-refractivity contribution is 8.14. The van der Waals surface area contributed by atoms with E-state index in [9.17, 15) is 24.3 Å². The number of thioether (sulfide) groups is 1. The molecule has 1 aromatic rings. The Bertz CT molecular complexity index is 1560. The van der Waals surface area contributed by atoms with Gasteiger partial charge in [0.25, 0.3) is 0 Å². The number of carbonyl (C=O) groups is 4. The molecule has 5 rings (SSSR count). The van der Waals surface area contributed by atoms with Crippen molar-refractivity contribution in [2.24, 2.45) is 28.6 Å². The van der Waals surface area contributed by atoms with Crippen molar-refractivity contribution >= 4 is 57.5 Å². The lowest BCUT2D eigenvalue weighted by molar-refractivity contribution is -0.221. The van der Waals surface area contributed by atoms with Gasteiger partial charge in [-0.1, -0.05) is 62.1 Å². The summed E-state index contributed by atoms with van der Waals surface area (Å²) in [5.74, 6) is 1.58. The molecule has 1 N–H and O–H groups in total. The van der Waals surface area contributed by atoms with E-state index in [1.165, 1.54) is 31.2 Å². The van der Waals surface area contributed by atoms with Crippen molar-refractivity contribution < 1.29 is 42.5 Å². The first kappa shape index (κ1) is 34.8. The minimum Gasteiger partial charge on any atom is -0.452 e. The largest absolute Gasteiger partial charge is 0.452 e. The van der Waals surface area contributed by atoms with Crippen LogP contribution in [-0.2, 0) is 23.9 Å². The van der Waals surface area contributed by atoms with E-state index < -0.39 is 69.0 Å². The van der Waals surface area contributed by atoms with Crippen LogP contribution in [0, 0.1) is 40.4 Å². The van der Waals surface area contributed by atoms with Gasteiger partial charge in [-0.25, -0.2) is 13.6 Å². The summed E-state index contributed by atoms with van der Waals surface area (Å²) in [5.41, 5.74) is -7.04. The van der Waals surface area contributed by atoms with Crippen LogP contribution < -0.4 is 0 Å². The molecule has 46 heavy (non-hydrogen) atoms. The van der Waals surface area contributed by atoms with Gasteiger partial charge in [-0.05, 0) is 68.4 Å². The molecule has 4 aliphatic rings. The van der Waals surface area contributed by atoms with Gasteiger partial charge in [-0.15, -0.1) is 11.3 Å². The molecule has 0 unspecified atom stereocenters. The van der Waals surface area contributed by atoms with Crippen molar-refractivity contribution in [2.45, 2.75) is 83.3 Å². The lowest BCUT2D eigenvalue weighted by atomic mass is 9.44. The SMILES string of the molecule is CCCC(=O)OCC#CCSC(=O)[C@@]1(OC(=O)c2ccc(Cl)s2)[C@H](C)C[C@H]2[C@@H]3C[C@H](F)C4=CC(=O)C=C[C@]4(C)[C@@]3(F)[C@@H](O)C[C@@]21C. The van der Waals surface area contributed by atoms with Crippen LogP contribution in [0.2, 0.25) is 4.34 Å². The molecule has 9 atom stereocenters. The summed E-state index contributed by atoms with van der Waals surface area (Å²) < 4.78 is 45.2. The molecule has 7 nitrogen and oxygen atoms in total. The zero-order chi connectivity index (χ0) is 33.7. The van der Waals surface area contributed by atoms with Crippen LogP contribution in [0.25, 0.3) is 0 Å². The molecule has 0 aliphatic heterocycles. The monoisotopic (exact) mass is 694 g/mol. The molecule has 0 saturated heterocycles. The topological polar surface area (TPSA) is 107 Å². The third kappa shape index (κ3) is 5.37. The smallest absolute Gasteiger partial charge is 0.349 e. The second-order valence-corrected chi connectivity index (χ2v) is 15.7. The Morgan fingerprint density at radius 3 is 2.61 bits per heavy atom. The quantitative estimate of drug-likeness (QED) is 0.256. The predicted molar refractivity (Wildman–Crippen MR) is 172 cm³/mol. The number of rotatable bonds is 7. The van der Waals surface area contributed by atoms with Gasteiger partial charge in [-0.3, -0.25) is 14.4 Å². The van der Waals surface area contributed by atoms with E-state index in [1.807, 2.05) is 6.92 Å². The highest BCUT2D eigenvalue weighted by Gasteiger charge is 2.78. The third-order valence-electron chi connectivity index (χ3n) is 10.7. The van der Waals surface area contributed by atoms with Crippen molar-refractivity contribution in [3.05, 3.63) is 45.1 Å². The third-order valence-corrected chi connectivity index (χ3v) is 12.7. The van der Waals surface area contributed by atoms with Crippen LogP contribution in [0.5, 0.6) is 0 Å². The molecule has 0 amide bonds. The van der Waals surface area contributed by atoms with Gasteiger partial charge < -0.3 is 14.6 Å². The highest BCUT2D eigenvalue weighted by Crippen LogP contribution is 2.72. The van der Waals surface area contributed by atoms with Crippen molar-refractivity contribution in [3.63, 3.8) is 0 Å². The number of fused-ring (bicyclic) bond motifs is 5. The molecular weight excluding hydrogens is 658 g/mol. The Morgan fingerprint density at radius 1 is 1.20 bits per heavy atom. The maximum Gasteiger partial charge on any atom is 0.349 e. The second-order valence-electron chi connectivity index (χ2n) is 13.1. The summed E-state index contributed by atoms with van der Waals surface area (Å²) in [5, 5.41) is 11.2. The number of thiophene rings is 1. The minimum atomic E-state index is -2.35.